The molecule has 1 aliphatic heterocycles. The van der Waals surface area contributed by atoms with E-state index in [4.69, 9.17) is 11.6 Å². The maximum Gasteiger partial charge on any atom is 0.128 e. The number of aromatic nitrogens is 1. The van der Waals surface area contributed by atoms with E-state index in [1.807, 2.05) is 12.1 Å². The Hall–Kier alpha value is -0.880. The van der Waals surface area contributed by atoms with E-state index in [1.165, 1.54) is 0 Å². The third-order valence-corrected chi connectivity index (χ3v) is 3.71. The maximum absolute atomic E-state index is 10.2. The van der Waals surface area contributed by atoms with Gasteiger partial charge in [0.2, 0.25) is 0 Å². The second-order valence-corrected chi connectivity index (χ2v) is 5.97. The molecule has 112 valence electrons. The van der Waals surface area contributed by atoms with Crippen LogP contribution in [0.3, 0.4) is 0 Å². The number of nitrogens with zero attached hydrogens (tertiary/aromatic N) is 4. The van der Waals surface area contributed by atoms with Gasteiger partial charge in [0.1, 0.15) is 5.82 Å². The largest absolute Gasteiger partial charge is 0.390 e. The molecular weight excluding hydrogens is 276 g/mol. The van der Waals surface area contributed by atoms with Crippen molar-refractivity contribution in [3.05, 3.63) is 23.4 Å². The summed E-state index contributed by atoms with van der Waals surface area (Å²) in [5.74, 6) is 0.878. The zero-order valence-corrected chi connectivity index (χ0v) is 12.9. The highest BCUT2D eigenvalue weighted by molar-refractivity contribution is 6.30. The van der Waals surface area contributed by atoms with E-state index in [9.17, 15) is 5.11 Å². The number of likely N-dealkylation sites (N-methyl/N-ethyl adjacent to an activating group) is 1. The van der Waals surface area contributed by atoms with Crippen molar-refractivity contribution in [3.8, 4) is 0 Å². The molecule has 0 bridgehead atoms. The van der Waals surface area contributed by atoms with Crippen LogP contribution in [0.25, 0.3) is 0 Å². The normalized spacial score (nSPS) is 21.2. The zero-order valence-electron chi connectivity index (χ0n) is 12.2. The molecule has 1 N–H and O–H groups in total. The van der Waals surface area contributed by atoms with E-state index in [0.29, 0.717) is 11.6 Å². The SMILES string of the molecule is CN(C)CCN1CCN(c2ccc(Cl)cn2)CC(O)C1. The first-order valence-electron chi connectivity index (χ1n) is 6.96. The molecule has 1 aromatic heterocycles. The van der Waals surface area contributed by atoms with Crippen molar-refractivity contribution >= 4 is 17.4 Å². The van der Waals surface area contributed by atoms with Crippen LogP contribution in [0.5, 0.6) is 0 Å². The van der Waals surface area contributed by atoms with Crippen LogP contribution in [0.1, 0.15) is 0 Å². The molecule has 1 aromatic rings. The zero-order chi connectivity index (χ0) is 14.5. The van der Waals surface area contributed by atoms with Gasteiger partial charge in [-0.15, -0.1) is 0 Å². The Balaban J connectivity index is 1.95. The average molecular weight is 299 g/mol. The van der Waals surface area contributed by atoms with Gasteiger partial charge >= 0.3 is 0 Å². The summed E-state index contributed by atoms with van der Waals surface area (Å²) in [5, 5.41) is 10.8. The number of aliphatic hydroxyl groups is 1. The first-order valence-corrected chi connectivity index (χ1v) is 7.34. The van der Waals surface area contributed by atoms with Crippen molar-refractivity contribution in [2.45, 2.75) is 6.10 Å². The van der Waals surface area contributed by atoms with Crippen molar-refractivity contribution in [2.24, 2.45) is 0 Å². The minimum atomic E-state index is -0.350. The van der Waals surface area contributed by atoms with E-state index < -0.39 is 0 Å². The maximum atomic E-state index is 10.2. The second-order valence-electron chi connectivity index (χ2n) is 5.54. The number of rotatable bonds is 4. The average Bonchev–Trinajstić information content (AvgIpc) is 2.59. The molecule has 1 saturated heterocycles. The molecular formula is C14H23ClN4O. The molecule has 0 aromatic carbocycles. The van der Waals surface area contributed by atoms with E-state index >= 15 is 0 Å². The third kappa shape index (κ3) is 4.59. The molecule has 0 aliphatic carbocycles. The molecule has 0 spiro atoms. The molecule has 20 heavy (non-hydrogen) atoms. The van der Waals surface area contributed by atoms with E-state index in [-0.39, 0.29) is 6.10 Å². The van der Waals surface area contributed by atoms with Crippen molar-refractivity contribution in [3.63, 3.8) is 0 Å². The Labute approximate surface area is 125 Å². The summed E-state index contributed by atoms with van der Waals surface area (Å²) in [5.41, 5.74) is 0. The number of anilines is 1. The lowest BCUT2D eigenvalue weighted by molar-refractivity contribution is 0.128. The van der Waals surface area contributed by atoms with Gasteiger partial charge in [0.05, 0.1) is 11.1 Å². The summed E-state index contributed by atoms with van der Waals surface area (Å²) in [7, 11) is 4.14. The van der Waals surface area contributed by atoms with Crippen LogP contribution in [0.2, 0.25) is 5.02 Å². The lowest BCUT2D eigenvalue weighted by Crippen LogP contribution is -2.37. The van der Waals surface area contributed by atoms with E-state index in [2.05, 4.69) is 33.8 Å². The Bertz CT molecular complexity index is 412. The summed E-state index contributed by atoms with van der Waals surface area (Å²) in [6.07, 6.45) is 1.30. The lowest BCUT2D eigenvalue weighted by atomic mass is 10.3. The fourth-order valence-electron chi connectivity index (χ4n) is 2.36. The molecule has 0 radical (unpaired) electrons. The topological polar surface area (TPSA) is 42.8 Å². The highest BCUT2D eigenvalue weighted by Crippen LogP contribution is 2.16. The second kappa shape index (κ2) is 7.22. The van der Waals surface area contributed by atoms with Gasteiger partial charge < -0.3 is 14.9 Å². The first kappa shape index (κ1) is 15.5. The Kier molecular flexibility index (Phi) is 5.60. The van der Waals surface area contributed by atoms with Crippen LogP contribution in [-0.4, -0.2) is 79.4 Å². The Morgan fingerprint density at radius 1 is 1.35 bits per heavy atom. The molecule has 1 unspecified atom stereocenters. The standard InChI is InChI=1S/C14H23ClN4O/c1-17(2)5-6-18-7-8-19(11-13(20)10-18)14-4-3-12(15)9-16-14/h3-4,9,13,20H,5-8,10-11H2,1-2H3. The van der Waals surface area contributed by atoms with Gasteiger partial charge in [0.15, 0.2) is 0 Å². The van der Waals surface area contributed by atoms with Crippen LogP contribution in [0.4, 0.5) is 5.82 Å². The predicted molar refractivity (Wildman–Crippen MR) is 82.5 cm³/mol. The molecule has 0 amide bonds. The van der Waals surface area contributed by atoms with Gasteiger partial charge in [-0.05, 0) is 26.2 Å². The van der Waals surface area contributed by atoms with Gasteiger partial charge in [0, 0.05) is 45.5 Å². The summed E-state index contributed by atoms with van der Waals surface area (Å²) in [4.78, 5) is 10.9. The first-order chi connectivity index (χ1) is 9.54. The van der Waals surface area contributed by atoms with E-state index in [1.54, 1.807) is 6.20 Å². The van der Waals surface area contributed by atoms with Crippen LogP contribution in [0.15, 0.2) is 18.3 Å². The Morgan fingerprint density at radius 3 is 2.80 bits per heavy atom. The molecule has 1 aliphatic rings. The molecule has 2 rings (SSSR count). The number of β-amino-alcohol motifs (C(OH)–C–C–N with tert-alkyl or cyclic N) is 1. The van der Waals surface area contributed by atoms with E-state index in [0.717, 1.165) is 38.5 Å². The van der Waals surface area contributed by atoms with Crippen molar-refractivity contribution in [2.75, 3.05) is 58.3 Å². The van der Waals surface area contributed by atoms with Gasteiger partial charge in [0.25, 0.3) is 0 Å². The predicted octanol–water partition coefficient (Wildman–Crippen LogP) is 0.780. The van der Waals surface area contributed by atoms with Crippen LogP contribution in [0, 0.1) is 0 Å². The fraction of sp³-hybridized carbons (Fsp3) is 0.643. The molecule has 0 saturated carbocycles. The summed E-state index contributed by atoms with van der Waals surface area (Å²) >= 11 is 5.86. The summed E-state index contributed by atoms with van der Waals surface area (Å²) in [6, 6.07) is 3.75. The van der Waals surface area contributed by atoms with Crippen molar-refractivity contribution in [1.82, 2.24) is 14.8 Å². The highest BCUT2D eigenvalue weighted by atomic mass is 35.5. The highest BCUT2D eigenvalue weighted by Gasteiger charge is 2.21. The van der Waals surface area contributed by atoms with Crippen LogP contribution >= 0.6 is 11.6 Å². The number of hydrogen-bond acceptors (Lipinski definition) is 5. The summed E-state index contributed by atoms with van der Waals surface area (Å²) < 4.78 is 0. The third-order valence-electron chi connectivity index (χ3n) is 3.49. The van der Waals surface area contributed by atoms with Crippen LogP contribution in [-0.2, 0) is 0 Å². The lowest BCUT2D eigenvalue weighted by Gasteiger charge is -2.23. The number of halogens is 1. The van der Waals surface area contributed by atoms with Gasteiger partial charge in [-0.25, -0.2) is 4.98 Å². The number of pyridine rings is 1. The molecule has 2 heterocycles. The Morgan fingerprint density at radius 2 is 2.15 bits per heavy atom. The fourth-order valence-corrected chi connectivity index (χ4v) is 2.47. The monoisotopic (exact) mass is 298 g/mol. The number of aliphatic hydroxyl groups excluding tert-OH is 1. The molecule has 1 atom stereocenters. The smallest absolute Gasteiger partial charge is 0.128 e. The minimum Gasteiger partial charge on any atom is -0.390 e. The van der Waals surface area contributed by atoms with Gasteiger partial charge in [-0.3, -0.25) is 4.90 Å². The molecule has 1 fully saturated rings. The van der Waals surface area contributed by atoms with Crippen LogP contribution < -0.4 is 4.90 Å². The molecule has 6 heteroatoms. The quantitative estimate of drug-likeness (QED) is 0.890. The summed E-state index contributed by atoms with van der Waals surface area (Å²) in [6.45, 7) is 5.14. The number of hydrogen-bond donors (Lipinski definition) is 1. The van der Waals surface area contributed by atoms with Gasteiger partial charge in [-0.1, -0.05) is 11.6 Å². The van der Waals surface area contributed by atoms with Crippen molar-refractivity contribution in [1.29, 1.82) is 0 Å². The minimum absolute atomic E-state index is 0.350. The van der Waals surface area contributed by atoms with Crippen molar-refractivity contribution < 1.29 is 5.11 Å². The molecule has 5 nitrogen and oxygen atoms in total. The van der Waals surface area contributed by atoms with Gasteiger partial charge in [-0.2, -0.15) is 0 Å².